The van der Waals surface area contributed by atoms with E-state index < -0.39 is 0 Å². The van der Waals surface area contributed by atoms with Gasteiger partial charge in [-0.3, -0.25) is 4.79 Å². The van der Waals surface area contributed by atoms with Crippen LogP contribution in [-0.4, -0.2) is 30.8 Å². The molecule has 0 radical (unpaired) electrons. The number of benzene rings is 3. The van der Waals surface area contributed by atoms with Crippen LogP contribution in [0.15, 0.2) is 76.3 Å². The molecule has 1 heterocycles. The van der Waals surface area contributed by atoms with E-state index in [4.69, 9.17) is 9.47 Å². The van der Waals surface area contributed by atoms with Gasteiger partial charge in [0.2, 0.25) is 5.13 Å². The number of halogens is 1. The first-order valence-corrected chi connectivity index (χ1v) is 11.5. The van der Waals surface area contributed by atoms with Gasteiger partial charge in [-0.05, 0) is 67.1 Å². The number of aromatic nitrogens is 1. The normalized spacial score (nSPS) is 11.1. The summed E-state index contributed by atoms with van der Waals surface area (Å²) in [6, 6.07) is 20.3. The van der Waals surface area contributed by atoms with Crippen molar-refractivity contribution in [2.75, 3.05) is 18.7 Å². The molecule has 0 fully saturated rings. The van der Waals surface area contributed by atoms with E-state index >= 15 is 0 Å². The van der Waals surface area contributed by atoms with E-state index in [1.807, 2.05) is 49.4 Å². The van der Waals surface area contributed by atoms with Crippen molar-refractivity contribution < 1.29 is 14.3 Å². The molecule has 0 unspecified atom stereocenters. The molecule has 6 nitrogen and oxygen atoms in total. The van der Waals surface area contributed by atoms with Crippen molar-refractivity contribution in [1.29, 1.82) is 0 Å². The molecule has 1 aromatic heterocycles. The highest BCUT2D eigenvalue weighted by molar-refractivity contribution is 9.10. The molecule has 0 aliphatic rings. The molecule has 0 aliphatic heterocycles. The minimum atomic E-state index is -0.285. The van der Waals surface area contributed by atoms with Crippen molar-refractivity contribution in [3.8, 4) is 11.5 Å². The summed E-state index contributed by atoms with van der Waals surface area (Å²) in [5.74, 6) is 1.16. The molecule has 0 N–H and O–H groups in total. The molecule has 0 bridgehead atoms. The second kappa shape index (κ2) is 9.93. The first-order chi connectivity index (χ1) is 15.6. The molecule has 0 saturated heterocycles. The topological polar surface area (TPSA) is 64.0 Å². The standard InChI is InChI=1S/C24H20BrN3O3S/c1-3-31-19-10-6-17(7-11-19)23(29)28(26-15-16-4-8-18(25)9-5-16)24-27-21-13-12-20(30-2)14-22(21)32-24/h4-15H,3H2,1-2H3/b26-15+. The Hall–Kier alpha value is -3.23. The summed E-state index contributed by atoms with van der Waals surface area (Å²) in [5.41, 5.74) is 2.12. The van der Waals surface area contributed by atoms with Crippen LogP contribution < -0.4 is 14.5 Å². The average molecular weight is 510 g/mol. The maximum Gasteiger partial charge on any atom is 0.280 e. The minimum Gasteiger partial charge on any atom is -0.497 e. The Morgan fingerprint density at radius 2 is 1.81 bits per heavy atom. The quantitative estimate of drug-likeness (QED) is 0.221. The number of hydrazone groups is 1. The number of carbonyl (C=O) groups excluding carboxylic acids is 1. The Balaban J connectivity index is 1.71. The van der Waals surface area contributed by atoms with Crippen molar-refractivity contribution in [2.24, 2.45) is 5.10 Å². The van der Waals surface area contributed by atoms with E-state index in [0.29, 0.717) is 23.1 Å². The number of methoxy groups -OCH3 is 1. The van der Waals surface area contributed by atoms with Gasteiger partial charge in [0.25, 0.3) is 5.91 Å². The number of hydrogen-bond acceptors (Lipinski definition) is 6. The number of amides is 1. The van der Waals surface area contributed by atoms with Crippen molar-refractivity contribution >= 4 is 54.7 Å². The summed E-state index contributed by atoms with van der Waals surface area (Å²) in [7, 11) is 1.62. The third-order valence-electron chi connectivity index (χ3n) is 4.56. The second-order valence-electron chi connectivity index (χ2n) is 6.70. The van der Waals surface area contributed by atoms with Crippen LogP contribution in [0.3, 0.4) is 0 Å². The summed E-state index contributed by atoms with van der Waals surface area (Å²) in [6.45, 7) is 2.48. The predicted octanol–water partition coefficient (Wildman–Crippen LogP) is 6.15. The number of nitrogens with zero attached hydrogens (tertiary/aromatic N) is 3. The van der Waals surface area contributed by atoms with Crippen LogP contribution in [0.25, 0.3) is 10.2 Å². The molecule has 0 atom stereocenters. The van der Waals surface area contributed by atoms with Crippen LogP contribution >= 0.6 is 27.3 Å². The van der Waals surface area contributed by atoms with Crippen molar-refractivity contribution in [2.45, 2.75) is 6.92 Å². The van der Waals surface area contributed by atoms with Crippen molar-refractivity contribution in [3.05, 3.63) is 82.3 Å². The van der Waals surface area contributed by atoms with E-state index in [2.05, 4.69) is 26.0 Å². The maximum atomic E-state index is 13.4. The third-order valence-corrected chi connectivity index (χ3v) is 6.08. The molecular weight excluding hydrogens is 490 g/mol. The Morgan fingerprint density at radius 3 is 2.50 bits per heavy atom. The molecule has 4 aromatic rings. The van der Waals surface area contributed by atoms with Crippen LogP contribution in [-0.2, 0) is 0 Å². The van der Waals surface area contributed by atoms with Gasteiger partial charge in [0.15, 0.2) is 0 Å². The largest absolute Gasteiger partial charge is 0.497 e. The maximum absolute atomic E-state index is 13.4. The fourth-order valence-corrected chi connectivity index (χ4v) is 4.17. The summed E-state index contributed by atoms with van der Waals surface area (Å²) in [6.07, 6.45) is 1.64. The van der Waals surface area contributed by atoms with Gasteiger partial charge in [0.05, 0.1) is 30.1 Å². The molecule has 4 rings (SSSR count). The number of anilines is 1. The molecule has 3 aromatic carbocycles. The number of thiazole rings is 1. The smallest absolute Gasteiger partial charge is 0.280 e. The van der Waals surface area contributed by atoms with E-state index in [9.17, 15) is 4.79 Å². The van der Waals surface area contributed by atoms with Crippen LogP contribution in [0.2, 0.25) is 0 Å². The number of fused-ring (bicyclic) bond motifs is 1. The number of hydrogen-bond donors (Lipinski definition) is 0. The van der Waals surface area contributed by atoms with Gasteiger partial charge in [0.1, 0.15) is 11.5 Å². The fraction of sp³-hybridized carbons (Fsp3) is 0.125. The van der Waals surface area contributed by atoms with E-state index in [0.717, 1.165) is 26.0 Å². The molecule has 1 amide bonds. The Kier molecular flexibility index (Phi) is 6.82. The molecule has 0 saturated carbocycles. The van der Waals surface area contributed by atoms with Crippen molar-refractivity contribution in [1.82, 2.24) is 4.98 Å². The van der Waals surface area contributed by atoms with Gasteiger partial charge in [0, 0.05) is 10.0 Å². The Labute approximate surface area is 198 Å². The molecule has 162 valence electrons. The number of rotatable bonds is 7. The van der Waals surface area contributed by atoms with Crippen LogP contribution in [0.1, 0.15) is 22.8 Å². The van der Waals surface area contributed by atoms with Crippen LogP contribution in [0.4, 0.5) is 5.13 Å². The fourth-order valence-electron chi connectivity index (χ4n) is 2.95. The van der Waals surface area contributed by atoms with Gasteiger partial charge in [-0.1, -0.05) is 39.4 Å². The van der Waals surface area contributed by atoms with Gasteiger partial charge < -0.3 is 9.47 Å². The zero-order valence-corrected chi connectivity index (χ0v) is 19.9. The van der Waals surface area contributed by atoms with Gasteiger partial charge >= 0.3 is 0 Å². The summed E-state index contributed by atoms with van der Waals surface area (Å²) >= 11 is 4.80. The van der Waals surface area contributed by atoms with E-state index in [1.54, 1.807) is 37.6 Å². The summed E-state index contributed by atoms with van der Waals surface area (Å²) < 4.78 is 12.7. The monoisotopic (exact) mass is 509 g/mol. The van der Waals surface area contributed by atoms with Crippen molar-refractivity contribution in [3.63, 3.8) is 0 Å². The molecule has 8 heteroatoms. The highest BCUT2D eigenvalue weighted by Gasteiger charge is 2.21. The van der Waals surface area contributed by atoms with Gasteiger partial charge in [-0.25, -0.2) is 4.98 Å². The predicted molar refractivity (Wildman–Crippen MR) is 132 cm³/mol. The minimum absolute atomic E-state index is 0.285. The summed E-state index contributed by atoms with van der Waals surface area (Å²) in [5, 5.41) is 6.30. The first-order valence-electron chi connectivity index (χ1n) is 9.89. The highest BCUT2D eigenvalue weighted by atomic mass is 79.9. The molecule has 32 heavy (non-hydrogen) atoms. The van der Waals surface area contributed by atoms with E-state index in [-0.39, 0.29) is 5.91 Å². The van der Waals surface area contributed by atoms with Crippen LogP contribution in [0, 0.1) is 0 Å². The zero-order valence-electron chi connectivity index (χ0n) is 17.5. The Morgan fingerprint density at radius 1 is 1.09 bits per heavy atom. The highest BCUT2D eigenvalue weighted by Crippen LogP contribution is 2.32. The first kappa shape index (κ1) is 22.0. The SMILES string of the molecule is CCOc1ccc(C(=O)N(/N=C/c2ccc(Br)cc2)c2nc3ccc(OC)cc3s2)cc1. The third kappa shape index (κ3) is 4.98. The van der Waals surface area contributed by atoms with Crippen LogP contribution in [0.5, 0.6) is 11.5 Å². The lowest BCUT2D eigenvalue weighted by molar-refractivity contribution is 0.0988. The molecule has 0 aliphatic carbocycles. The zero-order chi connectivity index (χ0) is 22.5. The van der Waals surface area contributed by atoms with E-state index in [1.165, 1.54) is 16.3 Å². The average Bonchev–Trinajstić information content (AvgIpc) is 3.24. The van der Waals surface area contributed by atoms with Gasteiger partial charge in [-0.15, -0.1) is 0 Å². The molecule has 0 spiro atoms. The lowest BCUT2D eigenvalue weighted by Crippen LogP contribution is -2.25. The summed E-state index contributed by atoms with van der Waals surface area (Å²) in [4.78, 5) is 18.0. The Bertz CT molecular complexity index is 1250. The number of ether oxygens (including phenoxy) is 2. The second-order valence-corrected chi connectivity index (χ2v) is 8.63. The number of carbonyl (C=O) groups is 1. The lowest BCUT2D eigenvalue weighted by Gasteiger charge is -2.14. The lowest BCUT2D eigenvalue weighted by atomic mass is 10.2. The molecular formula is C24H20BrN3O3S. The van der Waals surface area contributed by atoms with Gasteiger partial charge in [-0.2, -0.15) is 10.1 Å².